The van der Waals surface area contributed by atoms with Crippen molar-refractivity contribution in [3.05, 3.63) is 0 Å². The van der Waals surface area contributed by atoms with Gasteiger partial charge in [0.15, 0.2) is 0 Å². The third-order valence-electron chi connectivity index (χ3n) is 1.02. The zero-order chi connectivity index (χ0) is 6.57. The Bertz CT molecular complexity index is 54.5. The highest BCUT2D eigenvalue weighted by molar-refractivity contribution is 6.55. The van der Waals surface area contributed by atoms with Gasteiger partial charge in [-0.2, -0.15) is 0 Å². The Hall–Kier alpha value is 0.507. The Morgan fingerprint density at radius 2 is 2.00 bits per heavy atom. The summed E-state index contributed by atoms with van der Waals surface area (Å²) in [7, 11) is -0.0303. The molecule has 0 N–H and O–H groups in total. The second kappa shape index (κ2) is 4.39. The Morgan fingerprint density at radius 1 is 1.50 bits per heavy atom. The van der Waals surface area contributed by atoms with Crippen molar-refractivity contribution in [2.75, 3.05) is 5.88 Å². The minimum absolute atomic E-state index is 0.0303. The van der Waals surface area contributed by atoms with Gasteiger partial charge >= 0.3 is 0 Å². The van der Waals surface area contributed by atoms with Crippen LogP contribution < -0.4 is 0 Å². The normalized spacial score (nSPS) is 14.6. The van der Waals surface area contributed by atoms with Gasteiger partial charge in [-0.05, 0) is 5.92 Å². The van der Waals surface area contributed by atoms with Crippen molar-refractivity contribution in [3.8, 4) is 0 Å². The van der Waals surface area contributed by atoms with Crippen LogP contribution in [0.25, 0.3) is 0 Å². The topological polar surface area (TPSA) is 0 Å². The van der Waals surface area contributed by atoms with E-state index in [-0.39, 0.29) is 8.80 Å². The number of halogens is 1. The summed E-state index contributed by atoms with van der Waals surface area (Å²) in [6.07, 6.45) is 0. The minimum Gasteiger partial charge on any atom is -0.126 e. The highest BCUT2D eigenvalue weighted by Crippen LogP contribution is 2.07. The van der Waals surface area contributed by atoms with Crippen molar-refractivity contribution < 1.29 is 0 Å². The molecule has 0 heterocycles. The van der Waals surface area contributed by atoms with Crippen molar-refractivity contribution in [2.24, 2.45) is 5.92 Å². The van der Waals surface area contributed by atoms with Crippen LogP contribution in [0.15, 0.2) is 0 Å². The Kier molecular flexibility index (Phi) is 4.67. The van der Waals surface area contributed by atoms with Crippen molar-refractivity contribution >= 4 is 20.4 Å². The summed E-state index contributed by atoms with van der Waals surface area (Å²) in [6.45, 7) is 6.87. The molecule has 0 aliphatic rings. The average molecular weight is 150 g/mol. The van der Waals surface area contributed by atoms with Crippen LogP contribution in [0.4, 0.5) is 0 Å². The monoisotopic (exact) mass is 149 g/mol. The maximum absolute atomic E-state index is 5.61. The number of hydrogen-bond acceptors (Lipinski definition) is 0. The van der Waals surface area contributed by atoms with Crippen LogP contribution in [0, 0.1) is 5.92 Å². The van der Waals surface area contributed by atoms with Gasteiger partial charge in [0.1, 0.15) is 0 Å². The molecule has 0 aromatic carbocycles. The van der Waals surface area contributed by atoms with Gasteiger partial charge in [0.05, 0.1) is 0 Å². The third-order valence-corrected chi connectivity index (χ3v) is 3.06. The molecule has 0 aromatic rings. The van der Waals surface area contributed by atoms with Crippen LogP contribution >= 0.6 is 11.6 Å². The van der Waals surface area contributed by atoms with Gasteiger partial charge in [-0.1, -0.05) is 26.1 Å². The molecular formula is C6H14ClSi. The van der Waals surface area contributed by atoms with E-state index >= 15 is 0 Å². The summed E-state index contributed by atoms with van der Waals surface area (Å²) in [4.78, 5) is 0. The van der Waals surface area contributed by atoms with Gasteiger partial charge < -0.3 is 0 Å². The molecule has 0 aliphatic carbocycles. The molecule has 0 saturated heterocycles. The molecular weight excluding hydrogens is 136 g/mol. The second-order valence-electron chi connectivity index (χ2n) is 2.67. The second-order valence-corrected chi connectivity index (χ2v) is 5.80. The molecule has 0 saturated carbocycles. The van der Waals surface area contributed by atoms with Gasteiger partial charge in [0.25, 0.3) is 0 Å². The predicted octanol–water partition coefficient (Wildman–Crippen LogP) is 2.62. The molecule has 0 fully saturated rings. The number of hydrogen-bond donors (Lipinski definition) is 0. The van der Waals surface area contributed by atoms with Crippen LogP contribution in [-0.2, 0) is 0 Å². The lowest BCUT2D eigenvalue weighted by Crippen LogP contribution is -2.07. The van der Waals surface area contributed by atoms with Crippen molar-refractivity contribution in [1.82, 2.24) is 0 Å². The Morgan fingerprint density at radius 3 is 2.12 bits per heavy atom. The molecule has 1 radical (unpaired) electrons. The SMILES string of the molecule is CC(CCl)C[Si](C)C. The van der Waals surface area contributed by atoms with E-state index in [2.05, 4.69) is 20.0 Å². The van der Waals surface area contributed by atoms with Crippen LogP contribution in [0.5, 0.6) is 0 Å². The largest absolute Gasteiger partial charge is 0.126 e. The van der Waals surface area contributed by atoms with Crippen LogP contribution in [0.2, 0.25) is 19.1 Å². The lowest BCUT2D eigenvalue weighted by atomic mass is 10.3. The van der Waals surface area contributed by atoms with Gasteiger partial charge in [-0.3, -0.25) is 0 Å². The maximum atomic E-state index is 5.61. The number of rotatable bonds is 3. The molecule has 0 rings (SSSR count). The first-order valence-electron chi connectivity index (χ1n) is 3.01. The molecule has 0 nitrogen and oxygen atoms in total. The first-order valence-corrected chi connectivity index (χ1v) is 6.26. The zero-order valence-corrected chi connectivity index (χ0v) is 7.63. The lowest BCUT2D eigenvalue weighted by molar-refractivity contribution is 0.735. The van der Waals surface area contributed by atoms with E-state index in [1.807, 2.05) is 0 Å². The van der Waals surface area contributed by atoms with Gasteiger partial charge in [0.2, 0.25) is 0 Å². The van der Waals surface area contributed by atoms with Crippen LogP contribution in [-0.4, -0.2) is 14.7 Å². The zero-order valence-electron chi connectivity index (χ0n) is 5.87. The fourth-order valence-electron chi connectivity index (χ4n) is 0.751. The smallest absolute Gasteiger partial charge is 0.0416 e. The van der Waals surface area contributed by atoms with Crippen LogP contribution in [0.1, 0.15) is 6.92 Å². The lowest BCUT2D eigenvalue weighted by Gasteiger charge is -2.07. The molecule has 49 valence electrons. The molecule has 2 heteroatoms. The standard InChI is InChI=1S/C6H14ClSi/c1-6(4-7)5-8(2)3/h6H,4-5H2,1-3H3. The molecule has 0 aromatic heterocycles. The molecule has 1 atom stereocenters. The van der Waals surface area contributed by atoms with Crippen molar-refractivity contribution in [1.29, 1.82) is 0 Å². The molecule has 0 amide bonds. The summed E-state index contributed by atoms with van der Waals surface area (Å²) in [6, 6.07) is 1.36. The Balaban J connectivity index is 3.10. The van der Waals surface area contributed by atoms with Crippen molar-refractivity contribution in [3.63, 3.8) is 0 Å². The highest BCUT2D eigenvalue weighted by atomic mass is 35.5. The van der Waals surface area contributed by atoms with E-state index in [1.54, 1.807) is 0 Å². The summed E-state index contributed by atoms with van der Waals surface area (Å²) in [5.74, 6) is 1.57. The summed E-state index contributed by atoms with van der Waals surface area (Å²) in [5.41, 5.74) is 0. The first-order chi connectivity index (χ1) is 3.66. The predicted molar refractivity (Wildman–Crippen MR) is 42.2 cm³/mol. The minimum atomic E-state index is -0.0303. The molecule has 8 heavy (non-hydrogen) atoms. The molecule has 0 aliphatic heterocycles. The van der Waals surface area contributed by atoms with Gasteiger partial charge in [-0.15, -0.1) is 11.6 Å². The van der Waals surface area contributed by atoms with Gasteiger partial charge in [0, 0.05) is 14.7 Å². The fraction of sp³-hybridized carbons (Fsp3) is 1.00. The quantitative estimate of drug-likeness (QED) is 0.428. The van der Waals surface area contributed by atoms with E-state index in [0.717, 1.165) is 11.8 Å². The summed E-state index contributed by atoms with van der Waals surface area (Å²) >= 11 is 5.61. The van der Waals surface area contributed by atoms with E-state index in [0.29, 0.717) is 0 Å². The maximum Gasteiger partial charge on any atom is 0.0416 e. The summed E-state index contributed by atoms with van der Waals surface area (Å²) in [5, 5.41) is 0. The third kappa shape index (κ3) is 4.66. The first kappa shape index (κ1) is 8.51. The number of alkyl halides is 1. The molecule has 0 bridgehead atoms. The highest BCUT2D eigenvalue weighted by Gasteiger charge is 2.02. The van der Waals surface area contributed by atoms with Gasteiger partial charge in [-0.25, -0.2) is 0 Å². The van der Waals surface area contributed by atoms with E-state index in [9.17, 15) is 0 Å². The van der Waals surface area contributed by atoms with Crippen molar-refractivity contribution in [2.45, 2.75) is 26.1 Å². The Labute approximate surface area is 58.8 Å². The fourth-order valence-corrected chi connectivity index (χ4v) is 2.58. The van der Waals surface area contributed by atoms with E-state index in [4.69, 9.17) is 11.6 Å². The molecule has 0 spiro atoms. The van der Waals surface area contributed by atoms with E-state index in [1.165, 1.54) is 6.04 Å². The summed E-state index contributed by atoms with van der Waals surface area (Å²) < 4.78 is 0. The molecule has 1 unspecified atom stereocenters. The van der Waals surface area contributed by atoms with E-state index < -0.39 is 0 Å². The van der Waals surface area contributed by atoms with Crippen LogP contribution in [0.3, 0.4) is 0 Å². The average Bonchev–Trinajstić information content (AvgIpc) is 1.65.